The maximum absolute atomic E-state index is 5.75. The first-order valence-corrected chi connectivity index (χ1v) is 8.45. The molecule has 0 bridgehead atoms. The maximum atomic E-state index is 5.75. The van der Waals surface area contributed by atoms with E-state index in [1.54, 1.807) is 0 Å². The number of hydrogen-bond donors (Lipinski definition) is 0. The first kappa shape index (κ1) is 14.9. The zero-order valence-corrected chi connectivity index (χ0v) is 13.4. The van der Waals surface area contributed by atoms with Gasteiger partial charge in [0.1, 0.15) is 0 Å². The van der Waals surface area contributed by atoms with Crippen molar-refractivity contribution in [3.63, 3.8) is 0 Å². The summed E-state index contributed by atoms with van der Waals surface area (Å²) in [6, 6.07) is 6.78. The second kappa shape index (κ2) is 6.81. The van der Waals surface area contributed by atoms with Crippen LogP contribution >= 0.6 is 11.8 Å². The fraction of sp³-hybridized carbons (Fsp3) is 0.647. The largest absolute Gasteiger partial charge is 0.377 e. The van der Waals surface area contributed by atoms with Crippen LogP contribution in [0.3, 0.4) is 0 Å². The molecule has 0 saturated carbocycles. The van der Waals surface area contributed by atoms with E-state index in [9.17, 15) is 0 Å². The molecule has 0 aromatic heterocycles. The smallest absolute Gasteiger partial charge is 0.0669 e. The molecule has 0 radical (unpaired) electrons. The number of rotatable bonds is 5. The lowest BCUT2D eigenvalue weighted by atomic mass is 9.95. The highest BCUT2D eigenvalue weighted by atomic mass is 32.2. The molecular formula is C17H26OS. The normalized spacial score (nSPS) is 19.6. The third-order valence-corrected chi connectivity index (χ3v) is 5.06. The van der Waals surface area contributed by atoms with Crippen LogP contribution in [0.1, 0.15) is 63.5 Å². The van der Waals surface area contributed by atoms with Crippen LogP contribution in [-0.2, 0) is 4.74 Å². The van der Waals surface area contributed by atoms with Gasteiger partial charge in [0.15, 0.2) is 0 Å². The Kier molecular flexibility index (Phi) is 5.35. The molecule has 1 nitrogen and oxygen atoms in total. The predicted octanol–water partition coefficient (Wildman–Crippen LogP) is 5.20. The number of ether oxygens (including phenoxy) is 1. The maximum Gasteiger partial charge on any atom is 0.0669 e. The Bertz CT molecular complexity index is 379. The van der Waals surface area contributed by atoms with Crippen LogP contribution in [0.5, 0.6) is 0 Å². The van der Waals surface area contributed by atoms with Gasteiger partial charge in [0.2, 0.25) is 0 Å². The molecule has 19 heavy (non-hydrogen) atoms. The van der Waals surface area contributed by atoms with Crippen molar-refractivity contribution in [2.45, 2.75) is 63.4 Å². The van der Waals surface area contributed by atoms with Crippen molar-refractivity contribution >= 4 is 11.8 Å². The minimum absolute atomic E-state index is 0.463. The average molecular weight is 278 g/mol. The summed E-state index contributed by atoms with van der Waals surface area (Å²) < 4.78 is 5.75. The second-order valence-corrected chi connectivity index (χ2v) is 7.05. The van der Waals surface area contributed by atoms with Crippen LogP contribution in [0.4, 0.5) is 0 Å². The van der Waals surface area contributed by atoms with E-state index in [-0.39, 0.29) is 0 Å². The van der Waals surface area contributed by atoms with E-state index in [0.717, 1.165) is 12.4 Å². The van der Waals surface area contributed by atoms with E-state index in [1.165, 1.54) is 28.9 Å². The molecule has 1 aliphatic heterocycles. The van der Waals surface area contributed by atoms with Crippen LogP contribution in [0.2, 0.25) is 0 Å². The highest BCUT2D eigenvalue weighted by Gasteiger charge is 2.19. The highest BCUT2D eigenvalue weighted by molar-refractivity contribution is 7.99. The first-order valence-electron chi connectivity index (χ1n) is 7.46. The minimum atomic E-state index is 0.463. The molecule has 1 aromatic rings. The Morgan fingerprint density at radius 2 is 1.79 bits per heavy atom. The molecule has 1 aromatic carbocycles. The van der Waals surface area contributed by atoms with Crippen LogP contribution in [0.25, 0.3) is 0 Å². The molecule has 0 amide bonds. The fourth-order valence-corrected chi connectivity index (χ4v) is 4.16. The fourth-order valence-electron chi connectivity index (χ4n) is 2.60. The molecule has 1 aliphatic rings. The van der Waals surface area contributed by atoms with Gasteiger partial charge < -0.3 is 4.74 Å². The van der Waals surface area contributed by atoms with Crippen molar-refractivity contribution in [3.8, 4) is 0 Å². The van der Waals surface area contributed by atoms with Gasteiger partial charge in [-0.3, -0.25) is 0 Å². The van der Waals surface area contributed by atoms with Crippen LogP contribution in [0.15, 0.2) is 23.1 Å². The van der Waals surface area contributed by atoms with E-state index < -0.39 is 0 Å². The Morgan fingerprint density at radius 3 is 2.26 bits per heavy atom. The molecule has 2 heteroatoms. The molecule has 1 atom stereocenters. The summed E-state index contributed by atoms with van der Waals surface area (Å²) in [5, 5.41) is 0. The van der Waals surface area contributed by atoms with Crippen LogP contribution < -0.4 is 0 Å². The quantitative estimate of drug-likeness (QED) is 0.684. The number of thioether (sulfide) groups is 1. The Hall–Kier alpha value is -0.470. The molecule has 2 rings (SSSR count). The lowest BCUT2D eigenvalue weighted by Crippen LogP contribution is -2.09. The van der Waals surface area contributed by atoms with Crippen molar-refractivity contribution in [1.29, 1.82) is 0 Å². The van der Waals surface area contributed by atoms with E-state index in [1.807, 2.05) is 11.8 Å². The van der Waals surface area contributed by atoms with E-state index >= 15 is 0 Å². The molecular weight excluding hydrogens is 252 g/mol. The van der Waals surface area contributed by atoms with Crippen molar-refractivity contribution in [2.75, 3.05) is 12.4 Å². The average Bonchev–Trinajstić information content (AvgIpc) is 2.88. The zero-order chi connectivity index (χ0) is 13.8. The zero-order valence-electron chi connectivity index (χ0n) is 12.6. The summed E-state index contributed by atoms with van der Waals surface area (Å²) >= 11 is 2.00. The van der Waals surface area contributed by atoms with Gasteiger partial charge in [-0.2, -0.15) is 0 Å². The molecule has 1 fully saturated rings. The van der Waals surface area contributed by atoms with Gasteiger partial charge >= 0.3 is 0 Å². The van der Waals surface area contributed by atoms with Crippen LogP contribution in [0, 0.1) is 0 Å². The van der Waals surface area contributed by atoms with Gasteiger partial charge in [-0.05, 0) is 35.8 Å². The minimum Gasteiger partial charge on any atom is -0.377 e. The van der Waals surface area contributed by atoms with Crippen molar-refractivity contribution in [3.05, 3.63) is 29.3 Å². The molecule has 0 spiro atoms. The topological polar surface area (TPSA) is 9.23 Å². The van der Waals surface area contributed by atoms with Gasteiger partial charge in [0.05, 0.1) is 6.10 Å². The summed E-state index contributed by atoms with van der Waals surface area (Å²) in [6.07, 6.45) is 2.92. The van der Waals surface area contributed by atoms with Gasteiger partial charge in [0.25, 0.3) is 0 Å². The molecule has 0 N–H and O–H groups in total. The monoisotopic (exact) mass is 278 g/mol. The number of benzene rings is 1. The Morgan fingerprint density at radius 1 is 1.16 bits per heavy atom. The number of hydrogen-bond acceptors (Lipinski definition) is 2. The lowest BCUT2D eigenvalue weighted by Gasteiger charge is -2.20. The van der Waals surface area contributed by atoms with E-state index in [0.29, 0.717) is 17.9 Å². The molecule has 1 heterocycles. The second-order valence-electron chi connectivity index (χ2n) is 6.02. The van der Waals surface area contributed by atoms with Crippen molar-refractivity contribution in [1.82, 2.24) is 0 Å². The summed E-state index contributed by atoms with van der Waals surface area (Å²) in [5.41, 5.74) is 2.99. The lowest BCUT2D eigenvalue weighted by molar-refractivity contribution is 0.129. The van der Waals surface area contributed by atoms with E-state index in [2.05, 4.69) is 45.9 Å². The summed E-state index contributed by atoms with van der Waals surface area (Å²) in [4.78, 5) is 1.50. The molecule has 0 unspecified atom stereocenters. The van der Waals surface area contributed by atoms with Gasteiger partial charge in [-0.25, -0.2) is 0 Å². The Labute approximate surface area is 122 Å². The molecule has 106 valence electrons. The highest BCUT2D eigenvalue weighted by Crippen LogP contribution is 2.36. The van der Waals surface area contributed by atoms with Gasteiger partial charge in [-0.1, -0.05) is 45.9 Å². The van der Waals surface area contributed by atoms with E-state index in [4.69, 9.17) is 4.74 Å². The summed E-state index contributed by atoms with van der Waals surface area (Å²) in [7, 11) is 0. The molecule has 0 aliphatic carbocycles. The van der Waals surface area contributed by atoms with Gasteiger partial charge in [0, 0.05) is 17.3 Å². The van der Waals surface area contributed by atoms with Gasteiger partial charge in [-0.15, -0.1) is 11.8 Å². The van der Waals surface area contributed by atoms with Crippen molar-refractivity contribution < 1.29 is 4.74 Å². The molecule has 1 saturated heterocycles. The third-order valence-electron chi connectivity index (χ3n) is 3.76. The summed E-state index contributed by atoms with van der Waals surface area (Å²) in [6.45, 7) is 10.1. The SMILES string of the molecule is CC(C)c1cccc(C(C)C)c1SC[C@H]1CCCO1. The van der Waals surface area contributed by atoms with Crippen LogP contribution in [-0.4, -0.2) is 18.5 Å². The first-order chi connectivity index (χ1) is 9.09. The Balaban J connectivity index is 2.19. The third kappa shape index (κ3) is 3.76. The standard InChI is InChI=1S/C17H26OS/c1-12(2)15-8-5-9-16(13(3)4)17(15)19-11-14-7-6-10-18-14/h5,8-9,12-14H,6-7,10-11H2,1-4H3/t14-/m1/s1. The summed E-state index contributed by atoms with van der Waals surface area (Å²) in [5.74, 6) is 2.28. The predicted molar refractivity (Wildman–Crippen MR) is 84.3 cm³/mol. The van der Waals surface area contributed by atoms with Crippen molar-refractivity contribution in [2.24, 2.45) is 0 Å².